The molecule has 3 N–H and O–H groups in total. The average molecular weight is 243 g/mol. The second-order valence-corrected chi connectivity index (χ2v) is 4.68. The Morgan fingerprint density at radius 2 is 2.35 bits per heavy atom. The molecule has 1 saturated heterocycles. The van der Waals surface area contributed by atoms with Gasteiger partial charge in [0.1, 0.15) is 0 Å². The van der Waals surface area contributed by atoms with Crippen LogP contribution in [0.5, 0.6) is 0 Å². The number of carbonyl (C=O) groups is 1. The van der Waals surface area contributed by atoms with E-state index in [1.165, 1.54) is 6.42 Å². The van der Waals surface area contributed by atoms with Crippen LogP contribution >= 0.6 is 0 Å². The second kappa shape index (κ2) is 7.63. The summed E-state index contributed by atoms with van der Waals surface area (Å²) in [5, 5.41) is 3.09. The number of hydrogen-bond donors (Lipinski definition) is 2. The monoisotopic (exact) mass is 243 g/mol. The van der Waals surface area contributed by atoms with Crippen molar-refractivity contribution in [2.45, 2.75) is 25.8 Å². The van der Waals surface area contributed by atoms with Crippen LogP contribution in [-0.4, -0.2) is 56.7 Å². The highest BCUT2D eigenvalue weighted by atomic mass is 16.5. The van der Waals surface area contributed by atoms with E-state index in [0.29, 0.717) is 32.2 Å². The number of carbonyl (C=O) groups excluding carboxylic acids is 1. The Morgan fingerprint density at radius 1 is 1.59 bits per heavy atom. The molecule has 0 aromatic carbocycles. The minimum atomic E-state index is 0.156. The van der Waals surface area contributed by atoms with Gasteiger partial charge in [-0.15, -0.1) is 0 Å². The molecule has 1 aliphatic rings. The number of nitrogens with one attached hydrogen (secondary N) is 1. The van der Waals surface area contributed by atoms with Crippen LogP contribution in [0.4, 0.5) is 0 Å². The minimum absolute atomic E-state index is 0.156. The number of hydrogen-bond acceptors (Lipinski definition) is 4. The number of nitrogens with zero attached hydrogens (tertiary/aromatic N) is 1. The van der Waals surface area contributed by atoms with Gasteiger partial charge in [0.05, 0.1) is 13.2 Å². The summed E-state index contributed by atoms with van der Waals surface area (Å²) in [6, 6.07) is 0.209. The van der Waals surface area contributed by atoms with Crippen molar-refractivity contribution in [2.24, 2.45) is 11.7 Å². The van der Waals surface area contributed by atoms with Crippen LogP contribution in [0.2, 0.25) is 0 Å². The van der Waals surface area contributed by atoms with Crippen molar-refractivity contribution in [1.29, 1.82) is 0 Å². The summed E-state index contributed by atoms with van der Waals surface area (Å²) in [6.45, 7) is 5.30. The predicted molar refractivity (Wildman–Crippen MR) is 67.7 cm³/mol. The van der Waals surface area contributed by atoms with E-state index < -0.39 is 0 Å². The van der Waals surface area contributed by atoms with Crippen LogP contribution in [0, 0.1) is 5.92 Å². The molecule has 2 atom stereocenters. The van der Waals surface area contributed by atoms with E-state index in [4.69, 9.17) is 10.5 Å². The standard InChI is InChI=1S/C12H25N3O2/c1-10-4-3-6-15(11(10)8-13)12(16)9-14-5-7-17-2/h10-11,14H,3-9,13H2,1-2H3. The van der Waals surface area contributed by atoms with Crippen LogP contribution in [0.3, 0.4) is 0 Å². The largest absolute Gasteiger partial charge is 0.383 e. The van der Waals surface area contributed by atoms with E-state index in [0.717, 1.165) is 13.0 Å². The molecule has 1 fully saturated rings. The first kappa shape index (κ1) is 14.4. The zero-order valence-electron chi connectivity index (χ0n) is 10.9. The molecule has 0 radical (unpaired) electrons. The molecular weight excluding hydrogens is 218 g/mol. The van der Waals surface area contributed by atoms with Gasteiger partial charge in [-0.1, -0.05) is 6.92 Å². The Labute approximate surface area is 104 Å². The van der Waals surface area contributed by atoms with Crippen molar-refractivity contribution in [3.05, 3.63) is 0 Å². The average Bonchev–Trinajstić information content (AvgIpc) is 2.34. The fourth-order valence-electron chi connectivity index (χ4n) is 2.39. The van der Waals surface area contributed by atoms with Crippen molar-refractivity contribution in [3.8, 4) is 0 Å². The van der Waals surface area contributed by atoms with Gasteiger partial charge in [0, 0.05) is 32.8 Å². The van der Waals surface area contributed by atoms with E-state index in [1.54, 1.807) is 7.11 Å². The van der Waals surface area contributed by atoms with Gasteiger partial charge in [-0.2, -0.15) is 0 Å². The molecule has 2 unspecified atom stereocenters. The summed E-state index contributed by atoms with van der Waals surface area (Å²) in [7, 11) is 1.65. The molecule has 100 valence electrons. The fraction of sp³-hybridized carbons (Fsp3) is 0.917. The Balaban J connectivity index is 2.37. The van der Waals surface area contributed by atoms with Crippen molar-refractivity contribution >= 4 is 5.91 Å². The van der Waals surface area contributed by atoms with Crippen LogP contribution in [0.1, 0.15) is 19.8 Å². The first-order valence-electron chi connectivity index (χ1n) is 6.40. The lowest BCUT2D eigenvalue weighted by Crippen LogP contribution is -2.53. The topological polar surface area (TPSA) is 67.6 Å². The molecule has 0 spiro atoms. The van der Waals surface area contributed by atoms with Gasteiger partial charge in [0.15, 0.2) is 0 Å². The molecule has 0 aromatic heterocycles. The Bertz CT molecular complexity index is 236. The highest BCUT2D eigenvalue weighted by molar-refractivity contribution is 5.78. The molecular formula is C12H25N3O2. The maximum absolute atomic E-state index is 12.0. The maximum Gasteiger partial charge on any atom is 0.236 e. The number of piperidine rings is 1. The SMILES string of the molecule is COCCNCC(=O)N1CCCC(C)C1CN. The normalized spacial score (nSPS) is 25.0. The zero-order valence-corrected chi connectivity index (χ0v) is 10.9. The molecule has 1 amide bonds. The van der Waals surface area contributed by atoms with Gasteiger partial charge in [-0.3, -0.25) is 4.79 Å². The van der Waals surface area contributed by atoms with Crippen molar-refractivity contribution in [2.75, 3.05) is 39.9 Å². The van der Waals surface area contributed by atoms with Gasteiger partial charge >= 0.3 is 0 Å². The van der Waals surface area contributed by atoms with Gasteiger partial charge in [-0.05, 0) is 18.8 Å². The third kappa shape index (κ3) is 4.26. The molecule has 0 aromatic rings. The number of likely N-dealkylation sites (tertiary alicyclic amines) is 1. The second-order valence-electron chi connectivity index (χ2n) is 4.68. The minimum Gasteiger partial charge on any atom is -0.383 e. The van der Waals surface area contributed by atoms with Crippen LogP contribution in [-0.2, 0) is 9.53 Å². The van der Waals surface area contributed by atoms with Gasteiger partial charge in [-0.25, -0.2) is 0 Å². The third-order valence-corrected chi connectivity index (χ3v) is 3.44. The number of methoxy groups -OCH3 is 1. The molecule has 0 aliphatic carbocycles. The fourth-order valence-corrected chi connectivity index (χ4v) is 2.39. The highest BCUT2D eigenvalue weighted by Gasteiger charge is 2.30. The van der Waals surface area contributed by atoms with Crippen molar-refractivity contribution in [1.82, 2.24) is 10.2 Å². The van der Waals surface area contributed by atoms with E-state index in [1.807, 2.05) is 4.90 Å². The summed E-state index contributed by atoms with van der Waals surface area (Å²) in [4.78, 5) is 14.0. The lowest BCUT2D eigenvalue weighted by Gasteiger charge is -2.39. The Hall–Kier alpha value is -0.650. The van der Waals surface area contributed by atoms with E-state index >= 15 is 0 Å². The summed E-state index contributed by atoms with van der Waals surface area (Å²) >= 11 is 0. The zero-order chi connectivity index (χ0) is 12.7. The molecule has 1 heterocycles. The smallest absolute Gasteiger partial charge is 0.236 e. The first-order valence-corrected chi connectivity index (χ1v) is 6.40. The molecule has 0 saturated carbocycles. The number of ether oxygens (including phenoxy) is 1. The summed E-state index contributed by atoms with van der Waals surface area (Å²) in [6.07, 6.45) is 2.25. The van der Waals surface area contributed by atoms with Crippen molar-refractivity contribution < 1.29 is 9.53 Å². The van der Waals surface area contributed by atoms with E-state index in [2.05, 4.69) is 12.2 Å². The van der Waals surface area contributed by atoms with Gasteiger partial charge in [0.25, 0.3) is 0 Å². The van der Waals surface area contributed by atoms with Crippen LogP contribution in [0.25, 0.3) is 0 Å². The molecule has 17 heavy (non-hydrogen) atoms. The number of nitrogens with two attached hydrogens (primary N) is 1. The molecule has 1 aliphatic heterocycles. The van der Waals surface area contributed by atoms with Crippen molar-refractivity contribution in [3.63, 3.8) is 0 Å². The van der Waals surface area contributed by atoms with Gasteiger partial charge in [0.2, 0.25) is 5.91 Å². The first-order chi connectivity index (χ1) is 8.20. The van der Waals surface area contributed by atoms with E-state index in [9.17, 15) is 4.79 Å². The molecule has 5 heteroatoms. The maximum atomic E-state index is 12.0. The summed E-state index contributed by atoms with van der Waals surface area (Å²) in [5.41, 5.74) is 5.76. The van der Waals surface area contributed by atoms with E-state index in [-0.39, 0.29) is 11.9 Å². The van der Waals surface area contributed by atoms with Crippen LogP contribution in [0.15, 0.2) is 0 Å². The quantitative estimate of drug-likeness (QED) is 0.634. The molecule has 5 nitrogen and oxygen atoms in total. The highest BCUT2D eigenvalue weighted by Crippen LogP contribution is 2.22. The Kier molecular flexibility index (Phi) is 6.47. The predicted octanol–water partition coefficient (Wildman–Crippen LogP) is -0.192. The lowest BCUT2D eigenvalue weighted by molar-refractivity contribution is -0.135. The third-order valence-electron chi connectivity index (χ3n) is 3.44. The Morgan fingerprint density at radius 3 is 3.00 bits per heavy atom. The summed E-state index contributed by atoms with van der Waals surface area (Å²) < 4.78 is 4.92. The number of amides is 1. The van der Waals surface area contributed by atoms with Crippen LogP contribution < -0.4 is 11.1 Å². The molecule has 0 bridgehead atoms. The summed E-state index contributed by atoms with van der Waals surface area (Å²) in [5.74, 6) is 0.666. The number of rotatable bonds is 6. The molecule has 1 rings (SSSR count). The lowest BCUT2D eigenvalue weighted by atomic mass is 9.91. The van der Waals surface area contributed by atoms with Gasteiger partial charge < -0.3 is 20.7 Å².